The first-order valence-corrected chi connectivity index (χ1v) is 8.62. The number of amides is 1. The number of hydrogen-bond donors (Lipinski definition) is 0. The van der Waals surface area contributed by atoms with E-state index >= 15 is 0 Å². The van der Waals surface area contributed by atoms with Crippen molar-refractivity contribution < 1.29 is 14.3 Å². The van der Waals surface area contributed by atoms with Crippen LogP contribution in [0.1, 0.15) is 21.5 Å². The maximum absolute atomic E-state index is 13.3. The first-order valence-electron chi connectivity index (χ1n) is 8.62. The van der Waals surface area contributed by atoms with Crippen LogP contribution in [-0.4, -0.2) is 25.1 Å². The number of aromatic nitrogens is 1. The lowest BCUT2D eigenvalue weighted by atomic mass is 10.1. The third-order valence-corrected chi connectivity index (χ3v) is 4.28. The molecule has 0 bridgehead atoms. The van der Waals surface area contributed by atoms with Crippen molar-refractivity contribution in [2.45, 2.75) is 13.5 Å². The predicted molar refractivity (Wildman–Crippen MR) is 105 cm³/mol. The van der Waals surface area contributed by atoms with Crippen molar-refractivity contribution >= 4 is 11.6 Å². The Bertz CT molecular complexity index is 909. The van der Waals surface area contributed by atoms with Gasteiger partial charge in [-0.1, -0.05) is 23.8 Å². The van der Waals surface area contributed by atoms with Gasteiger partial charge < -0.3 is 14.4 Å². The van der Waals surface area contributed by atoms with Crippen LogP contribution in [0.3, 0.4) is 0 Å². The number of nitrogens with zero attached hydrogens (tertiary/aromatic N) is 2. The molecule has 0 aliphatic carbocycles. The number of methoxy groups -OCH3 is 2. The van der Waals surface area contributed by atoms with Crippen LogP contribution in [0.5, 0.6) is 11.5 Å². The van der Waals surface area contributed by atoms with Gasteiger partial charge in [0.15, 0.2) is 11.5 Å². The van der Waals surface area contributed by atoms with Crippen LogP contribution in [0, 0.1) is 6.92 Å². The largest absolute Gasteiger partial charge is 0.493 e. The molecule has 0 spiro atoms. The fourth-order valence-corrected chi connectivity index (χ4v) is 2.80. The zero-order valence-corrected chi connectivity index (χ0v) is 15.7. The van der Waals surface area contributed by atoms with Crippen LogP contribution in [0.4, 0.5) is 5.69 Å². The van der Waals surface area contributed by atoms with Crippen molar-refractivity contribution in [3.05, 3.63) is 83.7 Å². The Balaban J connectivity index is 1.98. The summed E-state index contributed by atoms with van der Waals surface area (Å²) < 4.78 is 10.6. The van der Waals surface area contributed by atoms with Crippen LogP contribution in [0.15, 0.2) is 67.0 Å². The SMILES string of the molecule is COc1ccc(C(=O)N(Cc2cccnc2)c2ccc(C)cc2)cc1OC. The molecule has 0 aliphatic heterocycles. The van der Waals surface area contributed by atoms with Gasteiger partial charge in [-0.05, 0) is 48.9 Å². The second kappa shape index (κ2) is 8.36. The van der Waals surface area contributed by atoms with E-state index in [2.05, 4.69) is 4.98 Å². The number of ether oxygens (including phenoxy) is 2. The van der Waals surface area contributed by atoms with E-state index in [-0.39, 0.29) is 5.91 Å². The molecular formula is C22H22N2O3. The number of carbonyl (C=O) groups is 1. The fraction of sp³-hybridized carbons (Fsp3) is 0.182. The van der Waals surface area contributed by atoms with E-state index in [9.17, 15) is 4.79 Å². The molecule has 1 amide bonds. The number of benzene rings is 2. The van der Waals surface area contributed by atoms with Gasteiger partial charge in [-0.3, -0.25) is 9.78 Å². The van der Waals surface area contributed by atoms with Gasteiger partial charge in [0.1, 0.15) is 0 Å². The van der Waals surface area contributed by atoms with Crippen molar-refractivity contribution in [2.75, 3.05) is 19.1 Å². The van der Waals surface area contributed by atoms with Gasteiger partial charge in [0.25, 0.3) is 5.91 Å². The molecule has 1 aromatic heterocycles. The normalized spacial score (nSPS) is 10.3. The predicted octanol–water partition coefficient (Wildman–Crippen LogP) is 4.25. The first kappa shape index (κ1) is 18.5. The second-order valence-electron chi connectivity index (χ2n) is 6.16. The maximum Gasteiger partial charge on any atom is 0.258 e. The molecule has 0 N–H and O–H groups in total. The third kappa shape index (κ3) is 4.26. The summed E-state index contributed by atoms with van der Waals surface area (Å²) in [7, 11) is 3.12. The Labute approximate surface area is 159 Å². The zero-order valence-electron chi connectivity index (χ0n) is 15.7. The van der Waals surface area contributed by atoms with Crippen molar-refractivity contribution in [1.82, 2.24) is 4.98 Å². The topological polar surface area (TPSA) is 51.7 Å². The zero-order chi connectivity index (χ0) is 19.2. The van der Waals surface area contributed by atoms with Gasteiger partial charge >= 0.3 is 0 Å². The Morgan fingerprint density at radius 1 is 1.00 bits per heavy atom. The number of hydrogen-bond acceptors (Lipinski definition) is 4. The highest BCUT2D eigenvalue weighted by Crippen LogP contribution is 2.29. The molecule has 2 aromatic carbocycles. The van der Waals surface area contributed by atoms with Crippen LogP contribution in [0.2, 0.25) is 0 Å². The standard InChI is InChI=1S/C22H22N2O3/c1-16-6-9-19(10-7-16)24(15-17-5-4-12-23-14-17)22(25)18-8-11-20(26-2)21(13-18)27-3/h4-14H,15H2,1-3H3. The van der Waals surface area contributed by atoms with Gasteiger partial charge in [-0.25, -0.2) is 0 Å². The molecule has 5 heteroatoms. The molecule has 0 aliphatic rings. The molecule has 0 saturated heterocycles. The van der Waals surface area contributed by atoms with E-state index in [4.69, 9.17) is 9.47 Å². The minimum atomic E-state index is -0.122. The first-order chi connectivity index (χ1) is 13.1. The molecule has 1 heterocycles. The Morgan fingerprint density at radius 2 is 1.74 bits per heavy atom. The monoisotopic (exact) mass is 362 g/mol. The lowest BCUT2D eigenvalue weighted by Crippen LogP contribution is -2.30. The highest BCUT2D eigenvalue weighted by molar-refractivity contribution is 6.06. The molecule has 138 valence electrons. The maximum atomic E-state index is 13.3. The average molecular weight is 362 g/mol. The van der Waals surface area contributed by atoms with Crippen LogP contribution < -0.4 is 14.4 Å². The molecule has 0 atom stereocenters. The molecular weight excluding hydrogens is 340 g/mol. The molecule has 0 fully saturated rings. The minimum absolute atomic E-state index is 0.122. The van der Waals surface area contributed by atoms with Gasteiger partial charge in [0.05, 0.1) is 20.8 Å². The molecule has 0 unspecified atom stereocenters. The summed E-state index contributed by atoms with van der Waals surface area (Å²) in [4.78, 5) is 19.2. The van der Waals surface area contributed by atoms with Gasteiger partial charge in [0.2, 0.25) is 0 Å². The van der Waals surface area contributed by atoms with Crippen molar-refractivity contribution in [2.24, 2.45) is 0 Å². The summed E-state index contributed by atoms with van der Waals surface area (Å²) in [6, 6.07) is 16.9. The highest BCUT2D eigenvalue weighted by atomic mass is 16.5. The molecule has 27 heavy (non-hydrogen) atoms. The number of anilines is 1. The Morgan fingerprint density at radius 3 is 2.37 bits per heavy atom. The third-order valence-electron chi connectivity index (χ3n) is 4.28. The molecule has 0 saturated carbocycles. The smallest absolute Gasteiger partial charge is 0.258 e. The van der Waals surface area contributed by atoms with Crippen molar-refractivity contribution in [3.8, 4) is 11.5 Å². The van der Waals surface area contributed by atoms with Crippen molar-refractivity contribution in [1.29, 1.82) is 0 Å². The van der Waals surface area contributed by atoms with E-state index in [1.165, 1.54) is 0 Å². The molecule has 0 radical (unpaired) electrons. The highest BCUT2D eigenvalue weighted by Gasteiger charge is 2.20. The van der Waals surface area contributed by atoms with Crippen LogP contribution in [0.25, 0.3) is 0 Å². The van der Waals surface area contributed by atoms with E-state index in [1.807, 2.05) is 43.3 Å². The van der Waals surface area contributed by atoms with Gasteiger partial charge in [-0.2, -0.15) is 0 Å². The summed E-state index contributed by atoms with van der Waals surface area (Å²) in [6.45, 7) is 2.44. The van der Waals surface area contributed by atoms with Crippen molar-refractivity contribution in [3.63, 3.8) is 0 Å². The average Bonchev–Trinajstić information content (AvgIpc) is 2.72. The fourth-order valence-electron chi connectivity index (χ4n) is 2.80. The summed E-state index contributed by atoms with van der Waals surface area (Å²) in [5.41, 5.74) is 3.44. The lowest BCUT2D eigenvalue weighted by molar-refractivity contribution is 0.0984. The van der Waals surface area contributed by atoms with Gasteiger partial charge in [-0.15, -0.1) is 0 Å². The quantitative estimate of drug-likeness (QED) is 0.658. The number of aryl methyl sites for hydroxylation is 1. The summed E-state index contributed by atoms with van der Waals surface area (Å²) in [5.74, 6) is 0.987. The van der Waals surface area contributed by atoms with E-state index in [0.717, 1.165) is 16.8 Å². The Hall–Kier alpha value is -3.34. The van der Waals surface area contributed by atoms with Crippen LogP contribution in [-0.2, 0) is 6.54 Å². The van der Waals surface area contributed by atoms with E-state index in [1.54, 1.807) is 49.7 Å². The molecule has 5 nitrogen and oxygen atoms in total. The minimum Gasteiger partial charge on any atom is -0.493 e. The van der Waals surface area contributed by atoms with Gasteiger partial charge in [0, 0.05) is 23.6 Å². The summed E-state index contributed by atoms with van der Waals surface area (Å²) >= 11 is 0. The van der Waals surface area contributed by atoms with Crippen LogP contribution >= 0.6 is 0 Å². The molecule has 3 aromatic rings. The summed E-state index contributed by atoms with van der Waals surface area (Å²) in [6.07, 6.45) is 3.49. The summed E-state index contributed by atoms with van der Waals surface area (Å²) in [5, 5.41) is 0. The second-order valence-corrected chi connectivity index (χ2v) is 6.16. The van der Waals surface area contributed by atoms with E-state index in [0.29, 0.717) is 23.6 Å². The number of rotatable bonds is 6. The number of pyridine rings is 1. The lowest BCUT2D eigenvalue weighted by Gasteiger charge is -2.23. The van der Waals surface area contributed by atoms with E-state index < -0.39 is 0 Å². The number of carbonyl (C=O) groups excluding carboxylic acids is 1. The Kier molecular flexibility index (Phi) is 5.71. The molecule has 3 rings (SSSR count).